The fourth-order valence-corrected chi connectivity index (χ4v) is 0.546. The summed E-state index contributed by atoms with van der Waals surface area (Å²) in [7, 11) is 0. The predicted molar refractivity (Wildman–Crippen MR) is 56.5 cm³/mol. The zero-order valence-corrected chi connectivity index (χ0v) is 10.8. The Kier molecular flexibility index (Phi) is 42.7. The van der Waals surface area contributed by atoms with Gasteiger partial charge in [0.1, 0.15) is 0 Å². The molecule has 1 aromatic rings. The molecule has 4 nitrogen and oxygen atoms in total. The van der Waals surface area contributed by atoms with Gasteiger partial charge in [0.15, 0.2) is 5.97 Å². The van der Waals surface area contributed by atoms with Crippen molar-refractivity contribution in [1.82, 2.24) is 0 Å². The first kappa shape index (κ1) is 24.8. The summed E-state index contributed by atoms with van der Waals surface area (Å²) in [5.74, 6) is -0.248. The van der Waals surface area contributed by atoms with Crippen molar-refractivity contribution in [1.29, 1.82) is 0 Å². The van der Waals surface area contributed by atoms with Crippen LogP contribution in [0.5, 0.6) is 0 Å². The molecule has 0 unspecified atom stereocenters. The number of esters is 1. The van der Waals surface area contributed by atoms with Crippen molar-refractivity contribution in [2.24, 2.45) is 0 Å². The molecule has 0 aromatic heterocycles. The van der Waals surface area contributed by atoms with Gasteiger partial charge in [-0.3, -0.25) is 11.2 Å². The van der Waals surface area contributed by atoms with Crippen LogP contribution in [-0.4, -0.2) is 12.6 Å². The van der Waals surface area contributed by atoms with Crippen molar-refractivity contribution < 1.29 is 35.9 Å². The summed E-state index contributed by atoms with van der Waals surface area (Å²) in [5, 5.41) is 0. The van der Waals surface area contributed by atoms with Gasteiger partial charge in [0.05, 0.1) is 6.61 Å². The molecule has 0 amide bonds. The van der Waals surface area contributed by atoms with Crippen LogP contribution in [0.2, 0.25) is 0 Å². The number of carbonyl (C=O) groups is 1. The zero-order chi connectivity index (χ0) is 13.2. The molecule has 5 heteroatoms. The summed E-state index contributed by atoms with van der Waals surface area (Å²) in [6, 6.07) is 10.0. The maximum absolute atomic E-state index is 10.1. The third-order valence-electron chi connectivity index (χ3n) is 1.08. The second-order valence-corrected chi connectivity index (χ2v) is 2.00. The maximum Gasteiger partial charge on any atom is 6.00 e. The van der Waals surface area contributed by atoms with Crippen LogP contribution >= 0.6 is 0 Å². The molecule has 0 aliphatic heterocycles. The van der Waals surface area contributed by atoms with Crippen LogP contribution in [-0.2, 0) is 35.9 Å². The van der Waals surface area contributed by atoms with Gasteiger partial charge in [-0.1, -0.05) is 0 Å². The molecule has 0 spiro atoms. The molecule has 90 valence electrons. The number of hydrogen-bond donors (Lipinski definition) is 0. The van der Waals surface area contributed by atoms with Crippen LogP contribution in [0, 0.1) is 19.7 Å². The second kappa shape index (κ2) is 29.3. The summed E-state index contributed by atoms with van der Waals surface area (Å²) in [6.45, 7) is 12.9. The van der Waals surface area contributed by atoms with Gasteiger partial charge in [-0.05, 0) is 6.92 Å². The van der Waals surface area contributed by atoms with E-state index in [4.69, 9.17) is 9.30 Å². The molecule has 0 aliphatic rings. The van der Waals surface area contributed by atoms with E-state index in [1.165, 1.54) is 6.42 Å². The fourth-order valence-electron chi connectivity index (χ4n) is 0.546. The van der Waals surface area contributed by atoms with Crippen LogP contribution in [0.1, 0.15) is 13.8 Å². The molecule has 17 heavy (non-hydrogen) atoms. The molecule has 0 saturated heterocycles. The first-order valence-corrected chi connectivity index (χ1v) is 4.34. The van der Waals surface area contributed by atoms with Crippen LogP contribution in [0.25, 0.3) is 0 Å². The molecule has 0 radical (unpaired) electrons. The Morgan fingerprint density at radius 1 is 1.29 bits per heavy atom. The quantitative estimate of drug-likeness (QED) is 0.360. The van der Waals surface area contributed by atoms with Gasteiger partial charge in [0.25, 0.3) is 0 Å². The molecule has 0 aliphatic carbocycles. The summed E-state index contributed by atoms with van der Waals surface area (Å²) in [6.07, 6.45) is 1.39. The largest absolute Gasteiger partial charge is 6.00 e. The van der Waals surface area contributed by atoms with E-state index in [1.54, 1.807) is 13.8 Å². The van der Waals surface area contributed by atoms with E-state index in [0.717, 1.165) is 0 Å². The van der Waals surface area contributed by atoms with Gasteiger partial charge in [0, 0.05) is 0 Å². The Morgan fingerprint density at radius 3 is 1.82 bits per heavy atom. The monoisotopic (exact) mass is 278 g/mol. The van der Waals surface area contributed by atoms with Crippen molar-refractivity contribution in [3.8, 4) is 0 Å². The molecule has 0 fully saturated rings. The number of carbonyl (C=O) groups excluding carboxylic acids is 1. The van der Waals surface area contributed by atoms with Gasteiger partial charge in [0.2, 0.25) is 0 Å². The molecule has 1 aromatic carbocycles. The second-order valence-electron chi connectivity index (χ2n) is 2.00. The SMILES string of the molecule is C[CH-]C(=O)OCC.[C-]#[O+].[C-]#[O+].[Fe+6].c1cc[cH-]c1. The normalized spacial score (nSPS) is 5.76. The molecular weight excluding hydrogens is 264 g/mol. The van der Waals surface area contributed by atoms with E-state index in [-0.39, 0.29) is 23.0 Å². The number of rotatable bonds is 2. The minimum absolute atomic E-state index is 0. The predicted octanol–water partition coefficient (Wildman–Crippen LogP) is 2.10. The topological polar surface area (TPSA) is 66.1 Å². The van der Waals surface area contributed by atoms with Gasteiger partial charge in [-0.15, -0.1) is 0 Å². The molecule has 0 N–H and O–H groups in total. The zero-order valence-electron chi connectivity index (χ0n) is 9.66. The summed E-state index contributed by atoms with van der Waals surface area (Å²) < 4.78 is 19.5. The van der Waals surface area contributed by atoms with Crippen molar-refractivity contribution in [3.05, 3.63) is 50.1 Å². The Balaban J connectivity index is -0.0000000747. The van der Waals surface area contributed by atoms with Gasteiger partial charge in [-0.2, -0.15) is 25.1 Å². The first-order valence-electron chi connectivity index (χ1n) is 4.34. The van der Waals surface area contributed by atoms with E-state index in [0.29, 0.717) is 6.61 Å². The summed E-state index contributed by atoms with van der Waals surface area (Å²) in [4.78, 5) is 10.1. The fraction of sp³-hybridized carbons (Fsp3) is 0.250. The summed E-state index contributed by atoms with van der Waals surface area (Å²) >= 11 is 0. The van der Waals surface area contributed by atoms with E-state index in [1.807, 2.05) is 30.3 Å². The van der Waals surface area contributed by atoms with E-state index in [2.05, 4.69) is 18.0 Å². The van der Waals surface area contributed by atoms with Crippen LogP contribution < -0.4 is 0 Å². The Morgan fingerprint density at radius 2 is 1.71 bits per heavy atom. The maximum atomic E-state index is 10.1. The standard InChI is InChI=1S/C5H9O2.C5H5.2CO.Fe/c1-3-5(6)7-4-2;1-2-4-5-3-1;2*1-2;/h3H,4H2,1-2H3;1-5H;;;/q2*-1;;;+6. The van der Waals surface area contributed by atoms with Crippen molar-refractivity contribution in [2.45, 2.75) is 13.8 Å². The Labute approximate surface area is 113 Å². The van der Waals surface area contributed by atoms with Crippen molar-refractivity contribution in [2.75, 3.05) is 6.61 Å². The number of hydrogen-bond acceptors (Lipinski definition) is 2. The van der Waals surface area contributed by atoms with E-state index >= 15 is 0 Å². The van der Waals surface area contributed by atoms with E-state index < -0.39 is 0 Å². The van der Waals surface area contributed by atoms with Crippen LogP contribution in [0.4, 0.5) is 0 Å². The van der Waals surface area contributed by atoms with Crippen molar-refractivity contribution >= 4 is 5.97 Å². The molecule has 1 rings (SSSR count). The third-order valence-corrected chi connectivity index (χ3v) is 1.08. The molecule has 0 atom stereocenters. The smallest absolute Gasteiger partial charge is 0.214 e. The summed E-state index contributed by atoms with van der Waals surface area (Å²) in [5.41, 5.74) is 0. The Bertz CT molecular complexity index is 229. The molecular formula is C12H14FeO4+4. The van der Waals surface area contributed by atoms with Gasteiger partial charge in [-0.25, -0.2) is 12.1 Å². The first-order chi connectivity index (χ1) is 7.81. The third kappa shape index (κ3) is 31.3. The van der Waals surface area contributed by atoms with E-state index in [9.17, 15) is 4.79 Å². The molecule has 0 heterocycles. The molecule has 0 bridgehead atoms. The molecule has 0 saturated carbocycles. The van der Waals surface area contributed by atoms with Crippen LogP contribution in [0.3, 0.4) is 0 Å². The average Bonchev–Trinajstić information content (AvgIpc) is 2.93. The van der Waals surface area contributed by atoms with Crippen molar-refractivity contribution in [3.63, 3.8) is 0 Å². The van der Waals surface area contributed by atoms with Gasteiger partial charge >= 0.3 is 39.7 Å². The van der Waals surface area contributed by atoms with Crippen LogP contribution in [0.15, 0.2) is 30.3 Å². The minimum Gasteiger partial charge on any atom is -0.214 e. The minimum atomic E-state index is -0.248. The average molecular weight is 278 g/mol. The Hall–Kier alpha value is -1.31. The van der Waals surface area contributed by atoms with Gasteiger partial charge < -0.3 is 4.74 Å². The number of ether oxygens (including phenoxy) is 1.